The third kappa shape index (κ3) is 3.01. The molecule has 90 valence electrons. The van der Waals surface area contributed by atoms with E-state index in [9.17, 15) is 8.78 Å². The highest BCUT2D eigenvalue weighted by atomic mass is 79.9. The predicted molar refractivity (Wildman–Crippen MR) is 65.2 cm³/mol. The van der Waals surface area contributed by atoms with E-state index in [4.69, 9.17) is 5.73 Å². The number of halogens is 3. The number of hydrogen-bond donors (Lipinski definition) is 1. The highest BCUT2D eigenvalue weighted by Crippen LogP contribution is 2.25. The molecule has 4 heteroatoms. The van der Waals surface area contributed by atoms with Crippen LogP contribution >= 0.6 is 15.9 Å². The zero-order valence-electron chi connectivity index (χ0n) is 9.43. The van der Waals surface area contributed by atoms with Gasteiger partial charge in [0.2, 0.25) is 0 Å². The van der Waals surface area contributed by atoms with Gasteiger partial charge in [0.25, 0.3) is 0 Å². The molecular weight excluding hydrogens is 276 g/mol. The van der Waals surface area contributed by atoms with Crippen molar-refractivity contribution in [1.82, 2.24) is 0 Å². The quantitative estimate of drug-likeness (QED) is 0.842. The highest BCUT2D eigenvalue weighted by molar-refractivity contribution is 9.10. The van der Waals surface area contributed by atoms with Crippen LogP contribution in [-0.2, 0) is 6.42 Å². The molecule has 16 heavy (non-hydrogen) atoms. The average molecular weight is 292 g/mol. The lowest BCUT2D eigenvalue weighted by atomic mass is 9.91. The van der Waals surface area contributed by atoms with Gasteiger partial charge in [-0.1, -0.05) is 13.3 Å². The van der Waals surface area contributed by atoms with Gasteiger partial charge >= 0.3 is 0 Å². The summed E-state index contributed by atoms with van der Waals surface area (Å²) in [5, 5.41) is 0. The van der Waals surface area contributed by atoms with Gasteiger partial charge in [0.15, 0.2) is 0 Å². The number of benzene rings is 1. The van der Waals surface area contributed by atoms with Crippen LogP contribution in [0.2, 0.25) is 0 Å². The first-order valence-electron chi connectivity index (χ1n) is 5.35. The number of rotatable bonds is 4. The molecule has 0 fully saturated rings. The minimum absolute atomic E-state index is 0.0669. The molecule has 0 saturated carbocycles. The van der Waals surface area contributed by atoms with Crippen molar-refractivity contribution in [3.05, 3.63) is 33.8 Å². The monoisotopic (exact) mass is 291 g/mol. The van der Waals surface area contributed by atoms with Crippen LogP contribution in [0.3, 0.4) is 0 Å². The highest BCUT2D eigenvalue weighted by Gasteiger charge is 2.19. The second kappa shape index (κ2) is 5.73. The summed E-state index contributed by atoms with van der Waals surface area (Å²) < 4.78 is 27.5. The smallest absolute Gasteiger partial charge is 0.143 e. The second-order valence-corrected chi connectivity index (χ2v) is 4.91. The molecule has 0 aliphatic heterocycles. The van der Waals surface area contributed by atoms with Gasteiger partial charge in [0, 0.05) is 11.6 Å². The maximum absolute atomic E-state index is 13.7. The molecular formula is C12H16BrF2N. The van der Waals surface area contributed by atoms with Crippen molar-refractivity contribution in [3.63, 3.8) is 0 Å². The van der Waals surface area contributed by atoms with E-state index in [2.05, 4.69) is 15.9 Å². The molecule has 0 aromatic heterocycles. The van der Waals surface area contributed by atoms with Crippen LogP contribution < -0.4 is 5.73 Å². The van der Waals surface area contributed by atoms with E-state index in [1.165, 1.54) is 12.1 Å². The van der Waals surface area contributed by atoms with Crippen molar-refractivity contribution in [1.29, 1.82) is 0 Å². The summed E-state index contributed by atoms with van der Waals surface area (Å²) in [4.78, 5) is 0. The Morgan fingerprint density at radius 2 is 2.00 bits per heavy atom. The zero-order chi connectivity index (χ0) is 12.3. The Morgan fingerprint density at radius 1 is 1.38 bits per heavy atom. The zero-order valence-corrected chi connectivity index (χ0v) is 11.0. The molecule has 0 heterocycles. The molecule has 0 amide bonds. The standard InChI is InChI=1S/C12H16BrF2N/c1-3-8(7(2)16)6-9-11(14)5-4-10(13)12(9)15/h4-5,7-8H,3,6,16H2,1-2H3. The van der Waals surface area contributed by atoms with E-state index in [0.717, 1.165) is 6.42 Å². The Balaban J connectivity index is 3.00. The fourth-order valence-electron chi connectivity index (χ4n) is 1.72. The lowest BCUT2D eigenvalue weighted by Gasteiger charge is -2.19. The largest absolute Gasteiger partial charge is 0.328 e. The average Bonchev–Trinajstić information content (AvgIpc) is 2.23. The van der Waals surface area contributed by atoms with E-state index in [1.807, 2.05) is 13.8 Å². The van der Waals surface area contributed by atoms with Crippen LogP contribution in [0, 0.1) is 17.6 Å². The molecule has 0 saturated heterocycles. The Labute approximate surface area is 103 Å². The van der Waals surface area contributed by atoms with Gasteiger partial charge < -0.3 is 5.73 Å². The maximum atomic E-state index is 13.7. The SMILES string of the molecule is CCC(Cc1c(F)ccc(Br)c1F)C(C)N. The summed E-state index contributed by atoms with van der Waals surface area (Å²) in [6.07, 6.45) is 1.15. The minimum atomic E-state index is -0.515. The Hall–Kier alpha value is -0.480. The summed E-state index contributed by atoms with van der Waals surface area (Å²) >= 11 is 3.06. The molecule has 2 atom stereocenters. The van der Waals surface area contributed by atoms with E-state index in [1.54, 1.807) is 0 Å². The summed E-state index contributed by atoms with van der Waals surface area (Å²) in [7, 11) is 0. The minimum Gasteiger partial charge on any atom is -0.328 e. The van der Waals surface area contributed by atoms with E-state index in [0.29, 0.717) is 10.9 Å². The molecule has 1 rings (SSSR count). The Bertz CT molecular complexity index is 366. The fourth-order valence-corrected chi connectivity index (χ4v) is 2.09. The molecule has 2 N–H and O–H groups in total. The third-order valence-electron chi connectivity index (χ3n) is 2.87. The van der Waals surface area contributed by atoms with E-state index < -0.39 is 11.6 Å². The molecule has 2 unspecified atom stereocenters. The fraction of sp³-hybridized carbons (Fsp3) is 0.500. The normalized spacial score (nSPS) is 14.9. The van der Waals surface area contributed by atoms with Crippen LogP contribution in [0.15, 0.2) is 16.6 Å². The summed E-state index contributed by atoms with van der Waals surface area (Å²) in [6, 6.07) is 2.58. The lowest BCUT2D eigenvalue weighted by Crippen LogP contribution is -2.28. The van der Waals surface area contributed by atoms with Gasteiger partial charge in [-0.05, 0) is 47.3 Å². The van der Waals surface area contributed by atoms with E-state index in [-0.39, 0.29) is 17.5 Å². The van der Waals surface area contributed by atoms with Crippen molar-refractivity contribution in [3.8, 4) is 0 Å². The second-order valence-electron chi connectivity index (χ2n) is 4.05. The summed E-state index contributed by atoms with van der Waals surface area (Å²) in [6.45, 7) is 3.84. The molecule has 0 radical (unpaired) electrons. The maximum Gasteiger partial charge on any atom is 0.143 e. The first-order chi connectivity index (χ1) is 7.47. The van der Waals surface area contributed by atoms with Crippen molar-refractivity contribution < 1.29 is 8.78 Å². The van der Waals surface area contributed by atoms with Crippen LogP contribution in [-0.4, -0.2) is 6.04 Å². The van der Waals surface area contributed by atoms with Crippen LogP contribution in [0.1, 0.15) is 25.8 Å². The van der Waals surface area contributed by atoms with Gasteiger partial charge in [-0.15, -0.1) is 0 Å². The van der Waals surface area contributed by atoms with Crippen LogP contribution in [0.4, 0.5) is 8.78 Å². The first kappa shape index (κ1) is 13.6. The van der Waals surface area contributed by atoms with Crippen molar-refractivity contribution in [2.24, 2.45) is 11.7 Å². The molecule has 1 nitrogen and oxygen atoms in total. The van der Waals surface area contributed by atoms with Gasteiger partial charge in [-0.3, -0.25) is 0 Å². The van der Waals surface area contributed by atoms with Gasteiger partial charge in [-0.25, -0.2) is 8.78 Å². The van der Waals surface area contributed by atoms with Crippen molar-refractivity contribution >= 4 is 15.9 Å². The molecule has 0 aliphatic rings. The summed E-state index contributed by atoms with van der Waals surface area (Å²) in [5.74, 6) is -0.919. The van der Waals surface area contributed by atoms with Gasteiger partial charge in [0.05, 0.1) is 4.47 Å². The summed E-state index contributed by atoms with van der Waals surface area (Å²) in [5.41, 5.74) is 5.90. The third-order valence-corrected chi connectivity index (χ3v) is 3.49. The predicted octanol–water partition coefficient (Wildman–Crippen LogP) is 3.64. The van der Waals surface area contributed by atoms with Crippen molar-refractivity contribution in [2.75, 3.05) is 0 Å². The molecule has 0 aliphatic carbocycles. The van der Waals surface area contributed by atoms with Gasteiger partial charge in [0.1, 0.15) is 11.6 Å². The van der Waals surface area contributed by atoms with Crippen LogP contribution in [0.5, 0.6) is 0 Å². The first-order valence-corrected chi connectivity index (χ1v) is 6.14. The molecule has 0 bridgehead atoms. The Morgan fingerprint density at radius 3 is 2.50 bits per heavy atom. The van der Waals surface area contributed by atoms with Crippen molar-refractivity contribution in [2.45, 2.75) is 32.7 Å². The lowest BCUT2D eigenvalue weighted by molar-refractivity contribution is 0.409. The van der Waals surface area contributed by atoms with Crippen LogP contribution in [0.25, 0.3) is 0 Å². The number of nitrogens with two attached hydrogens (primary N) is 1. The van der Waals surface area contributed by atoms with Gasteiger partial charge in [-0.2, -0.15) is 0 Å². The molecule has 1 aromatic carbocycles. The molecule has 1 aromatic rings. The topological polar surface area (TPSA) is 26.0 Å². The Kier molecular flexibility index (Phi) is 4.87. The van der Waals surface area contributed by atoms with E-state index >= 15 is 0 Å². The molecule has 0 spiro atoms. The number of hydrogen-bond acceptors (Lipinski definition) is 1.